The minimum absolute atomic E-state index is 0.0759. The average Bonchev–Trinajstić information content (AvgIpc) is 2.82. The van der Waals surface area contributed by atoms with E-state index in [1.165, 1.54) is 11.3 Å². The number of hydrogen-bond donors (Lipinski definition) is 2. The summed E-state index contributed by atoms with van der Waals surface area (Å²) in [5.41, 5.74) is 6.86. The molecule has 1 unspecified atom stereocenters. The van der Waals surface area contributed by atoms with Crippen molar-refractivity contribution in [3.63, 3.8) is 0 Å². The van der Waals surface area contributed by atoms with Crippen molar-refractivity contribution >= 4 is 28.2 Å². The van der Waals surface area contributed by atoms with Crippen molar-refractivity contribution in [2.24, 2.45) is 0 Å². The Labute approximate surface area is 122 Å². The molecule has 6 heteroatoms. The van der Waals surface area contributed by atoms with Crippen molar-refractivity contribution < 1.29 is 4.79 Å². The molecule has 0 fully saturated rings. The fourth-order valence-corrected chi connectivity index (χ4v) is 2.57. The van der Waals surface area contributed by atoms with Crippen LogP contribution in [-0.2, 0) is 0 Å². The molecule has 1 heterocycles. The van der Waals surface area contributed by atoms with Crippen LogP contribution >= 0.6 is 11.3 Å². The molecule has 2 rings (SSSR count). The third kappa shape index (κ3) is 3.08. The SMILES string of the molecule is CC(NC(=O)c1sc(N(C)C)nc1N)c1ccccc1. The molecule has 1 atom stereocenters. The molecule has 1 aromatic carbocycles. The zero-order chi connectivity index (χ0) is 14.7. The van der Waals surface area contributed by atoms with Crippen molar-refractivity contribution in [1.82, 2.24) is 10.3 Å². The second kappa shape index (κ2) is 5.92. The van der Waals surface area contributed by atoms with Gasteiger partial charge in [0.2, 0.25) is 0 Å². The van der Waals surface area contributed by atoms with Crippen molar-refractivity contribution in [3.8, 4) is 0 Å². The highest BCUT2D eigenvalue weighted by atomic mass is 32.1. The van der Waals surface area contributed by atoms with Gasteiger partial charge in [-0.05, 0) is 12.5 Å². The van der Waals surface area contributed by atoms with E-state index in [4.69, 9.17) is 5.73 Å². The van der Waals surface area contributed by atoms with E-state index in [2.05, 4.69) is 10.3 Å². The van der Waals surface area contributed by atoms with Gasteiger partial charge in [-0.15, -0.1) is 0 Å². The molecular formula is C14H18N4OS. The van der Waals surface area contributed by atoms with Gasteiger partial charge in [0.05, 0.1) is 6.04 Å². The fourth-order valence-electron chi connectivity index (χ4n) is 1.76. The molecule has 0 aliphatic carbocycles. The molecule has 0 aliphatic heterocycles. The number of hydrogen-bond acceptors (Lipinski definition) is 5. The Morgan fingerprint density at radius 1 is 1.35 bits per heavy atom. The highest BCUT2D eigenvalue weighted by Crippen LogP contribution is 2.27. The van der Waals surface area contributed by atoms with Crippen LogP contribution in [0.5, 0.6) is 0 Å². The van der Waals surface area contributed by atoms with Gasteiger partial charge in [0.25, 0.3) is 5.91 Å². The van der Waals surface area contributed by atoms with Gasteiger partial charge in [-0.25, -0.2) is 4.98 Å². The molecule has 2 aromatic rings. The molecular weight excluding hydrogens is 272 g/mol. The van der Waals surface area contributed by atoms with Gasteiger partial charge in [0, 0.05) is 14.1 Å². The van der Waals surface area contributed by atoms with Crippen LogP contribution in [-0.4, -0.2) is 25.0 Å². The normalized spacial score (nSPS) is 11.9. The number of thiazole rings is 1. The molecule has 0 aliphatic rings. The molecule has 106 valence electrons. The van der Waals surface area contributed by atoms with E-state index in [0.717, 1.165) is 10.7 Å². The number of carbonyl (C=O) groups excluding carboxylic acids is 1. The largest absolute Gasteiger partial charge is 0.382 e. The standard InChI is InChI=1S/C14H18N4OS/c1-9(10-7-5-4-6-8-10)16-13(19)11-12(15)17-14(20-11)18(2)3/h4-9H,15H2,1-3H3,(H,16,19). The second-order valence-corrected chi connectivity index (χ2v) is 5.69. The summed E-state index contributed by atoms with van der Waals surface area (Å²) in [4.78, 5) is 18.7. The fraction of sp³-hybridized carbons (Fsp3) is 0.286. The predicted octanol–water partition coefficient (Wildman–Crippen LogP) is 2.28. The highest BCUT2D eigenvalue weighted by Gasteiger charge is 2.19. The number of rotatable bonds is 4. The predicted molar refractivity (Wildman–Crippen MR) is 83.2 cm³/mol. The van der Waals surface area contributed by atoms with Gasteiger partial charge >= 0.3 is 0 Å². The Kier molecular flexibility index (Phi) is 4.24. The van der Waals surface area contributed by atoms with E-state index in [9.17, 15) is 4.79 Å². The van der Waals surface area contributed by atoms with E-state index in [1.54, 1.807) is 0 Å². The van der Waals surface area contributed by atoms with Crippen LogP contribution in [0.4, 0.5) is 10.9 Å². The Bertz CT molecular complexity index is 594. The third-order valence-electron chi connectivity index (χ3n) is 2.88. The lowest BCUT2D eigenvalue weighted by atomic mass is 10.1. The van der Waals surface area contributed by atoms with Gasteiger partial charge < -0.3 is 16.0 Å². The summed E-state index contributed by atoms with van der Waals surface area (Å²) in [5.74, 6) is 0.0842. The molecule has 0 radical (unpaired) electrons. The summed E-state index contributed by atoms with van der Waals surface area (Å²) in [6.07, 6.45) is 0. The lowest BCUT2D eigenvalue weighted by Crippen LogP contribution is -2.26. The molecule has 1 amide bonds. The van der Waals surface area contributed by atoms with Crippen LogP contribution in [0.2, 0.25) is 0 Å². The van der Waals surface area contributed by atoms with Gasteiger partial charge in [-0.1, -0.05) is 41.7 Å². The molecule has 1 aromatic heterocycles. The van der Waals surface area contributed by atoms with Crippen molar-refractivity contribution in [3.05, 3.63) is 40.8 Å². The number of nitrogens with two attached hydrogens (primary N) is 1. The van der Waals surface area contributed by atoms with Crippen LogP contribution in [0.1, 0.15) is 28.2 Å². The van der Waals surface area contributed by atoms with Crippen LogP contribution in [0.3, 0.4) is 0 Å². The summed E-state index contributed by atoms with van der Waals surface area (Å²) < 4.78 is 0. The van der Waals surface area contributed by atoms with Crippen LogP contribution < -0.4 is 16.0 Å². The average molecular weight is 290 g/mol. The summed E-state index contributed by atoms with van der Waals surface area (Å²) >= 11 is 1.29. The Balaban J connectivity index is 2.12. The number of nitrogens with one attached hydrogen (secondary N) is 1. The molecule has 0 saturated heterocycles. The molecule has 5 nitrogen and oxygen atoms in total. The number of carbonyl (C=O) groups is 1. The maximum absolute atomic E-state index is 12.2. The number of amides is 1. The smallest absolute Gasteiger partial charge is 0.265 e. The molecule has 0 saturated carbocycles. The van der Waals surface area contributed by atoms with Crippen molar-refractivity contribution in [1.29, 1.82) is 0 Å². The zero-order valence-corrected chi connectivity index (χ0v) is 12.6. The second-order valence-electron chi connectivity index (χ2n) is 4.71. The van der Waals surface area contributed by atoms with Gasteiger partial charge in [0.1, 0.15) is 10.7 Å². The highest BCUT2D eigenvalue weighted by molar-refractivity contribution is 7.18. The maximum atomic E-state index is 12.2. The first kappa shape index (κ1) is 14.3. The molecule has 3 N–H and O–H groups in total. The molecule has 0 spiro atoms. The van der Waals surface area contributed by atoms with E-state index in [0.29, 0.717) is 4.88 Å². The first-order valence-electron chi connectivity index (χ1n) is 6.28. The van der Waals surface area contributed by atoms with E-state index < -0.39 is 0 Å². The first-order chi connectivity index (χ1) is 9.49. The zero-order valence-electron chi connectivity index (χ0n) is 11.8. The summed E-state index contributed by atoms with van der Waals surface area (Å²) in [6.45, 7) is 1.94. The lowest BCUT2D eigenvalue weighted by Gasteiger charge is -2.13. The van der Waals surface area contributed by atoms with E-state index >= 15 is 0 Å². The molecule has 20 heavy (non-hydrogen) atoms. The Hall–Kier alpha value is -2.08. The van der Waals surface area contributed by atoms with Gasteiger partial charge in [-0.3, -0.25) is 4.79 Å². The number of anilines is 2. The summed E-state index contributed by atoms with van der Waals surface area (Å²) in [6, 6.07) is 9.72. The number of aromatic nitrogens is 1. The quantitative estimate of drug-likeness (QED) is 0.906. The Morgan fingerprint density at radius 2 is 2.00 bits per heavy atom. The lowest BCUT2D eigenvalue weighted by molar-refractivity contribution is 0.0944. The van der Waals surface area contributed by atoms with Gasteiger partial charge in [-0.2, -0.15) is 0 Å². The summed E-state index contributed by atoms with van der Waals surface area (Å²) in [7, 11) is 3.74. The van der Waals surface area contributed by atoms with E-state index in [-0.39, 0.29) is 17.8 Å². The third-order valence-corrected chi connectivity index (χ3v) is 4.12. The molecule has 0 bridgehead atoms. The van der Waals surface area contributed by atoms with Crippen LogP contribution in [0.25, 0.3) is 0 Å². The number of nitrogen functional groups attached to an aromatic ring is 1. The topological polar surface area (TPSA) is 71.2 Å². The van der Waals surface area contributed by atoms with Crippen molar-refractivity contribution in [2.45, 2.75) is 13.0 Å². The first-order valence-corrected chi connectivity index (χ1v) is 7.10. The van der Waals surface area contributed by atoms with E-state index in [1.807, 2.05) is 56.3 Å². The number of nitrogens with zero attached hydrogens (tertiary/aromatic N) is 2. The minimum Gasteiger partial charge on any atom is -0.382 e. The minimum atomic E-state index is -0.190. The van der Waals surface area contributed by atoms with Crippen LogP contribution in [0, 0.1) is 0 Å². The maximum Gasteiger partial charge on any atom is 0.265 e. The van der Waals surface area contributed by atoms with Crippen LogP contribution in [0.15, 0.2) is 30.3 Å². The number of benzene rings is 1. The monoisotopic (exact) mass is 290 g/mol. The Morgan fingerprint density at radius 3 is 2.55 bits per heavy atom. The van der Waals surface area contributed by atoms with Gasteiger partial charge in [0.15, 0.2) is 5.13 Å². The van der Waals surface area contributed by atoms with Crippen molar-refractivity contribution in [2.75, 3.05) is 24.7 Å². The summed E-state index contributed by atoms with van der Waals surface area (Å²) in [5, 5.41) is 3.66.